The number of methoxy groups -OCH3 is 1. The summed E-state index contributed by atoms with van der Waals surface area (Å²) < 4.78 is 20.1. The van der Waals surface area contributed by atoms with Gasteiger partial charge in [0.2, 0.25) is 0 Å². The SMILES string of the molecule is CCCNC(c1ccc(Cl)cc1F)C1(OC)CCCC1. The summed E-state index contributed by atoms with van der Waals surface area (Å²) in [6, 6.07) is 4.80. The molecule has 1 fully saturated rings. The first-order chi connectivity index (χ1) is 9.63. The molecule has 1 aromatic carbocycles. The molecule has 20 heavy (non-hydrogen) atoms. The summed E-state index contributed by atoms with van der Waals surface area (Å²) in [5, 5.41) is 3.90. The lowest BCUT2D eigenvalue weighted by Gasteiger charge is -2.37. The number of halogens is 2. The van der Waals surface area contributed by atoms with Crippen LogP contribution < -0.4 is 5.32 Å². The van der Waals surface area contributed by atoms with E-state index in [0.29, 0.717) is 10.6 Å². The molecule has 0 aliphatic heterocycles. The van der Waals surface area contributed by atoms with Gasteiger partial charge in [0.15, 0.2) is 0 Å². The molecule has 1 saturated carbocycles. The molecule has 1 aromatic rings. The van der Waals surface area contributed by atoms with Gasteiger partial charge in [-0.3, -0.25) is 0 Å². The third-order valence-electron chi connectivity index (χ3n) is 4.25. The Balaban J connectivity index is 2.35. The van der Waals surface area contributed by atoms with Crippen molar-refractivity contribution in [1.82, 2.24) is 5.32 Å². The van der Waals surface area contributed by atoms with Crippen LogP contribution in [-0.4, -0.2) is 19.3 Å². The fraction of sp³-hybridized carbons (Fsp3) is 0.625. The lowest BCUT2D eigenvalue weighted by Crippen LogP contribution is -2.44. The van der Waals surface area contributed by atoms with E-state index in [4.69, 9.17) is 16.3 Å². The zero-order valence-electron chi connectivity index (χ0n) is 12.2. The highest BCUT2D eigenvalue weighted by Crippen LogP contribution is 2.43. The van der Waals surface area contributed by atoms with Crippen molar-refractivity contribution in [3.63, 3.8) is 0 Å². The summed E-state index contributed by atoms with van der Waals surface area (Å²) in [5.41, 5.74) is 0.357. The summed E-state index contributed by atoms with van der Waals surface area (Å²) >= 11 is 5.86. The van der Waals surface area contributed by atoms with Crippen LogP contribution in [0.5, 0.6) is 0 Å². The smallest absolute Gasteiger partial charge is 0.129 e. The van der Waals surface area contributed by atoms with Crippen LogP contribution in [0.15, 0.2) is 18.2 Å². The molecule has 0 heterocycles. The Bertz CT molecular complexity index is 446. The molecule has 1 aliphatic carbocycles. The van der Waals surface area contributed by atoms with Crippen LogP contribution in [0, 0.1) is 5.82 Å². The van der Waals surface area contributed by atoms with E-state index in [2.05, 4.69) is 12.2 Å². The Morgan fingerprint density at radius 1 is 1.40 bits per heavy atom. The number of ether oxygens (including phenoxy) is 1. The normalized spacial score (nSPS) is 19.2. The Labute approximate surface area is 125 Å². The van der Waals surface area contributed by atoms with Crippen molar-refractivity contribution in [2.45, 2.75) is 50.7 Å². The van der Waals surface area contributed by atoms with Gasteiger partial charge in [0.25, 0.3) is 0 Å². The highest BCUT2D eigenvalue weighted by atomic mass is 35.5. The number of benzene rings is 1. The van der Waals surface area contributed by atoms with Gasteiger partial charge in [-0.05, 0) is 37.9 Å². The van der Waals surface area contributed by atoms with Gasteiger partial charge in [-0.2, -0.15) is 0 Å². The molecule has 0 radical (unpaired) electrons. The molecule has 0 amide bonds. The van der Waals surface area contributed by atoms with Crippen LogP contribution in [0.1, 0.15) is 50.6 Å². The third kappa shape index (κ3) is 3.16. The topological polar surface area (TPSA) is 21.3 Å². The van der Waals surface area contributed by atoms with Crippen LogP contribution in [0.3, 0.4) is 0 Å². The molecule has 1 N–H and O–H groups in total. The molecule has 0 aromatic heterocycles. The molecule has 0 bridgehead atoms. The van der Waals surface area contributed by atoms with Gasteiger partial charge in [0, 0.05) is 17.7 Å². The van der Waals surface area contributed by atoms with Gasteiger partial charge >= 0.3 is 0 Å². The van der Waals surface area contributed by atoms with Crippen LogP contribution >= 0.6 is 11.6 Å². The maximum atomic E-state index is 14.3. The molecule has 1 aliphatic rings. The molecule has 4 heteroatoms. The highest BCUT2D eigenvalue weighted by molar-refractivity contribution is 6.30. The number of rotatable bonds is 6. The number of nitrogens with one attached hydrogen (secondary N) is 1. The third-order valence-corrected chi connectivity index (χ3v) is 4.49. The van der Waals surface area contributed by atoms with Gasteiger partial charge in [0.05, 0.1) is 11.6 Å². The number of hydrogen-bond donors (Lipinski definition) is 1. The van der Waals surface area contributed by atoms with Crippen molar-refractivity contribution in [3.8, 4) is 0 Å². The van der Waals surface area contributed by atoms with E-state index in [-0.39, 0.29) is 17.5 Å². The van der Waals surface area contributed by atoms with E-state index in [1.807, 2.05) is 0 Å². The second-order valence-corrected chi connectivity index (χ2v) is 5.97. The summed E-state index contributed by atoms with van der Waals surface area (Å²) in [6.07, 6.45) is 5.20. The van der Waals surface area contributed by atoms with Crippen molar-refractivity contribution in [2.24, 2.45) is 0 Å². The van der Waals surface area contributed by atoms with Gasteiger partial charge in [0.1, 0.15) is 5.82 Å². The van der Waals surface area contributed by atoms with Gasteiger partial charge in [-0.25, -0.2) is 4.39 Å². The zero-order valence-corrected chi connectivity index (χ0v) is 13.0. The molecular weight excluding hydrogens is 277 g/mol. The lowest BCUT2D eigenvalue weighted by atomic mass is 9.86. The summed E-state index contributed by atoms with van der Waals surface area (Å²) in [6.45, 7) is 2.95. The van der Waals surface area contributed by atoms with E-state index in [1.165, 1.54) is 6.07 Å². The predicted molar refractivity (Wildman–Crippen MR) is 80.7 cm³/mol. The Hall–Kier alpha value is -0.640. The first-order valence-corrected chi connectivity index (χ1v) is 7.74. The zero-order chi connectivity index (χ0) is 14.6. The fourth-order valence-corrected chi connectivity index (χ4v) is 3.35. The van der Waals surface area contributed by atoms with Crippen molar-refractivity contribution in [2.75, 3.05) is 13.7 Å². The standard InChI is InChI=1S/C16H23ClFNO/c1-3-10-19-15(16(20-2)8-4-5-9-16)13-7-6-12(17)11-14(13)18/h6-7,11,15,19H,3-5,8-10H2,1-2H3. The Morgan fingerprint density at radius 3 is 2.65 bits per heavy atom. The largest absolute Gasteiger partial charge is 0.376 e. The van der Waals surface area contributed by atoms with E-state index < -0.39 is 0 Å². The maximum absolute atomic E-state index is 14.3. The second kappa shape index (κ2) is 6.88. The van der Waals surface area contributed by atoms with Gasteiger partial charge in [-0.15, -0.1) is 0 Å². The Morgan fingerprint density at radius 2 is 2.10 bits per heavy atom. The van der Waals surface area contributed by atoms with Crippen molar-refractivity contribution in [3.05, 3.63) is 34.6 Å². The van der Waals surface area contributed by atoms with Crippen LogP contribution in [0.2, 0.25) is 5.02 Å². The minimum absolute atomic E-state index is 0.118. The van der Waals surface area contributed by atoms with Crippen LogP contribution in [0.25, 0.3) is 0 Å². The average Bonchev–Trinajstić information content (AvgIpc) is 2.91. The molecule has 112 valence electrons. The first kappa shape index (κ1) is 15.7. The van der Waals surface area contributed by atoms with Crippen molar-refractivity contribution < 1.29 is 9.13 Å². The highest BCUT2D eigenvalue weighted by Gasteiger charge is 2.43. The lowest BCUT2D eigenvalue weighted by molar-refractivity contribution is -0.0376. The summed E-state index contributed by atoms with van der Waals surface area (Å²) in [4.78, 5) is 0. The van der Waals surface area contributed by atoms with Crippen LogP contribution in [0.4, 0.5) is 4.39 Å². The van der Waals surface area contributed by atoms with Crippen molar-refractivity contribution in [1.29, 1.82) is 0 Å². The molecule has 1 unspecified atom stereocenters. The van der Waals surface area contributed by atoms with Gasteiger partial charge < -0.3 is 10.1 Å². The molecule has 0 saturated heterocycles. The molecular formula is C16H23ClFNO. The van der Waals surface area contributed by atoms with E-state index in [1.54, 1.807) is 19.2 Å². The summed E-state index contributed by atoms with van der Waals surface area (Å²) in [5.74, 6) is -0.255. The van der Waals surface area contributed by atoms with Gasteiger partial charge in [-0.1, -0.05) is 37.4 Å². The minimum Gasteiger partial charge on any atom is -0.376 e. The van der Waals surface area contributed by atoms with Crippen molar-refractivity contribution >= 4 is 11.6 Å². The maximum Gasteiger partial charge on any atom is 0.129 e. The average molecular weight is 300 g/mol. The quantitative estimate of drug-likeness (QED) is 0.836. The van der Waals surface area contributed by atoms with Crippen LogP contribution in [-0.2, 0) is 4.74 Å². The summed E-state index contributed by atoms with van der Waals surface area (Å²) in [7, 11) is 1.74. The predicted octanol–water partition coefficient (Wildman–Crippen LogP) is 4.48. The molecule has 1 atom stereocenters. The fourth-order valence-electron chi connectivity index (χ4n) is 3.19. The van der Waals surface area contributed by atoms with E-state index in [0.717, 1.165) is 38.6 Å². The number of hydrogen-bond acceptors (Lipinski definition) is 2. The van der Waals surface area contributed by atoms with E-state index >= 15 is 0 Å². The minimum atomic E-state index is -0.302. The first-order valence-electron chi connectivity index (χ1n) is 7.36. The van der Waals surface area contributed by atoms with E-state index in [9.17, 15) is 4.39 Å². The molecule has 0 spiro atoms. The second-order valence-electron chi connectivity index (χ2n) is 5.53. The molecule has 2 nitrogen and oxygen atoms in total. The Kier molecular flexibility index (Phi) is 5.42. The monoisotopic (exact) mass is 299 g/mol. The molecule has 2 rings (SSSR count).